The van der Waals surface area contributed by atoms with Gasteiger partial charge in [-0.05, 0) is 24.3 Å². The van der Waals surface area contributed by atoms with Gasteiger partial charge in [-0.25, -0.2) is 10.8 Å². The molecule has 0 aliphatic rings. The number of benzene rings is 2. The van der Waals surface area contributed by atoms with E-state index in [0.717, 1.165) is 4.70 Å². The van der Waals surface area contributed by atoms with E-state index >= 15 is 0 Å². The fourth-order valence-corrected chi connectivity index (χ4v) is 3.14. The number of fused-ring (bicyclic) bond motifs is 1. The molecule has 6 nitrogen and oxygen atoms in total. The number of nitrogen functional groups attached to an aromatic ring is 1. The zero-order valence-corrected chi connectivity index (χ0v) is 13.7. The number of ether oxygens (including phenoxy) is 1. The maximum atomic E-state index is 12.3. The highest BCUT2D eigenvalue weighted by molar-refractivity contribution is 7.22. The molecule has 1 heterocycles. The summed E-state index contributed by atoms with van der Waals surface area (Å²) in [7, 11) is 1.55. The number of hydrogen-bond acceptors (Lipinski definition) is 6. The number of amides is 1. The lowest BCUT2D eigenvalue weighted by Crippen LogP contribution is -2.11. The van der Waals surface area contributed by atoms with Crippen LogP contribution < -0.4 is 21.3 Å². The van der Waals surface area contributed by atoms with Gasteiger partial charge in [0.05, 0.1) is 11.8 Å². The lowest BCUT2D eigenvalue weighted by atomic mass is 10.2. The van der Waals surface area contributed by atoms with E-state index in [1.807, 2.05) is 6.07 Å². The van der Waals surface area contributed by atoms with Crippen molar-refractivity contribution < 1.29 is 9.53 Å². The van der Waals surface area contributed by atoms with Gasteiger partial charge in [0, 0.05) is 22.3 Å². The van der Waals surface area contributed by atoms with Crippen molar-refractivity contribution in [1.82, 2.24) is 4.98 Å². The van der Waals surface area contributed by atoms with Crippen LogP contribution in [0.1, 0.15) is 10.4 Å². The highest BCUT2D eigenvalue weighted by atomic mass is 35.5. The molecule has 1 aromatic heterocycles. The number of nitrogens with zero attached hydrogens (tertiary/aromatic N) is 1. The molecule has 0 aliphatic heterocycles. The summed E-state index contributed by atoms with van der Waals surface area (Å²) >= 11 is 7.28. The number of carbonyl (C=O) groups excluding carboxylic acids is 1. The number of nitrogens with two attached hydrogens (primary N) is 1. The molecule has 0 spiro atoms. The third-order valence-corrected chi connectivity index (χ3v) is 4.32. The van der Waals surface area contributed by atoms with E-state index in [0.29, 0.717) is 32.7 Å². The van der Waals surface area contributed by atoms with E-state index in [1.54, 1.807) is 37.4 Å². The van der Waals surface area contributed by atoms with E-state index in [9.17, 15) is 4.79 Å². The van der Waals surface area contributed by atoms with E-state index < -0.39 is 0 Å². The van der Waals surface area contributed by atoms with Gasteiger partial charge in [0.2, 0.25) is 0 Å². The van der Waals surface area contributed by atoms with Crippen LogP contribution in [0.5, 0.6) is 5.75 Å². The van der Waals surface area contributed by atoms with Gasteiger partial charge in [-0.1, -0.05) is 29.0 Å². The van der Waals surface area contributed by atoms with Gasteiger partial charge >= 0.3 is 0 Å². The Morgan fingerprint density at radius 3 is 2.87 bits per heavy atom. The van der Waals surface area contributed by atoms with E-state index in [1.165, 1.54) is 11.3 Å². The first-order valence-electron chi connectivity index (χ1n) is 6.63. The third-order valence-electron chi connectivity index (χ3n) is 3.15. The van der Waals surface area contributed by atoms with Crippen molar-refractivity contribution in [3.8, 4) is 5.75 Å². The number of hydrazine groups is 1. The van der Waals surface area contributed by atoms with Gasteiger partial charge in [-0.15, -0.1) is 0 Å². The van der Waals surface area contributed by atoms with E-state index in [-0.39, 0.29) is 5.91 Å². The molecule has 3 aromatic rings. The van der Waals surface area contributed by atoms with Crippen molar-refractivity contribution in [3.05, 3.63) is 47.0 Å². The molecule has 118 valence electrons. The average molecular weight is 349 g/mol. The molecule has 1 amide bonds. The maximum Gasteiger partial charge on any atom is 0.255 e. The van der Waals surface area contributed by atoms with Crippen molar-refractivity contribution in [1.29, 1.82) is 0 Å². The topological polar surface area (TPSA) is 89.3 Å². The predicted octanol–water partition coefficient (Wildman–Crippen LogP) is 3.50. The van der Waals surface area contributed by atoms with E-state index in [2.05, 4.69) is 15.7 Å². The Labute approximate surface area is 141 Å². The Morgan fingerprint density at radius 2 is 2.17 bits per heavy atom. The van der Waals surface area contributed by atoms with Crippen molar-refractivity contribution in [2.45, 2.75) is 0 Å². The van der Waals surface area contributed by atoms with Gasteiger partial charge in [-0.3, -0.25) is 10.2 Å². The van der Waals surface area contributed by atoms with Crippen molar-refractivity contribution >= 4 is 49.9 Å². The highest BCUT2D eigenvalue weighted by Crippen LogP contribution is 2.35. The summed E-state index contributed by atoms with van der Waals surface area (Å²) in [6.07, 6.45) is 0. The van der Waals surface area contributed by atoms with Crippen LogP contribution in [-0.4, -0.2) is 18.0 Å². The summed E-state index contributed by atoms with van der Waals surface area (Å²) in [6.45, 7) is 0. The summed E-state index contributed by atoms with van der Waals surface area (Å²) in [5.41, 5.74) is 4.28. The summed E-state index contributed by atoms with van der Waals surface area (Å²) in [5.74, 6) is 5.69. The fourth-order valence-electron chi connectivity index (χ4n) is 2.12. The summed E-state index contributed by atoms with van der Waals surface area (Å²) in [5, 5.41) is 3.90. The quantitative estimate of drug-likeness (QED) is 0.496. The molecule has 23 heavy (non-hydrogen) atoms. The first-order valence-corrected chi connectivity index (χ1v) is 7.82. The van der Waals surface area contributed by atoms with Gasteiger partial charge < -0.3 is 10.1 Å². The van der Waals surface area contributed by atoms with Gasteiger partial charge in [-0.2, -0.15) is 0 Å². The number of carbonyl (C=O) groups is 1. The van der Waals surface area contributed by atoms with Crippen molar-refractivity contribution in [2.75, 3.05) is 17.9 Å². The molecule has 0 saturated heterocycles. The molecule has 4 N–H and O–H groups in total. The normalized spacial score (nSPS) is 10.6. The first kappa shape index (κ1) is 15.5. The smallest absolute Gasteiger partial charge is 0.255 e. The summed E-state index contributed by atoms with van der Waals surface area (Å²) in [4.78, 5) is 16.6. The van der Waals surface area contributed by atoms with Crippen molar-refractivity contribution in [3.63, 3.8) is 0 Å². The van der Waals surface area contributed by atoms with Crippen molar-refractivity contribution in [2.24, 2.45) is 5.84 Å². The van der Waals surface area contributed by atoms with Crippen LogP contribution in [0.4, 0.5) is 10.8 Å². The molecule has 0 radical (unpaired) electrons. The van der Waals surface area contributed by atoms with Gasteiger partial charge in [0.15, 0.2) is 5.13 Å². The standard InChI is InChI=1S/C15H13ClN4O2S/c1-22-11-6-10(7-12-13(11)19-15(20-17)23-12)18-14(21)8-3-2-4-9(16)5-8/h2-7H,17H2,1H3,(H,18,21)(H,19,20). The van der Waals surface area contributed by atoms with Crippen LogP contribution in [0, 0.1) is 0 Å². The third kappa shape index (κ3) is 3.21. The molecule has 8 heteroatoms. The van der Waals surface area contributed by atoms with Crippen LogP contribution in [0.3, 0.4) is 0 Å². The minimum absolute atomic E-state index is 0.254. The fraction of sp³-hybridized carbons (Fsp3) is 0.0667. The van der Waals surface area contributed by atoms with Crippen LogP contribution in [-0.2, 0) is 0 Å². The molecular weight excluding hydrogens is 336 g/mol. The number of thiazole rings is 1. The first-order chi connectivity index (χ1) is 11.1. The average Bonchev–Trinajstić information content (AvgIpc) is 2.97. The molecule has 0 fully saturated rings. The minimum atomic E-state index is -0.254. The number of aromatic nitrogens is 1. The van der Waals surface area contributed by atoms with Gasteiger partial charge in [0.25, 0.3) is 5.91 Å². The molecular formula is C15H13ClN4O2S. The molecule has 0 saturated carbocycles. The Kier molecular flexibility index (Phi) is 4.33. The Bertz CT molecular complexity index is 881. The number of rotatable bonds is 4. The predicted molar refractivity (Wildman–Crippen MR) is 93.4 cm³/mol. The minimum Gasteiger partial charge on any atom is -0.494 e. The van der Waals surface area contributed by atoms with Gasteiger partial charge in [0.1, 0.15) is 11.3 Å². The van der Waals surface area contributed by atoms with E-state index in [4.69, 9.17) is 22.2 Å². The molecule has 0 unspecified atom stereocenters. The highest BCUT2D eigenvalue weighted by Gasteiger charge is 2.13. The lowest BCUT2D eigenvalue weighted by molar-refractivity contribution is 0.102. The molecule has 0 bridgehead atoms. The van der Waals surface area contributed by atoms with Crippen LogP contribution in [0.15, 0.2) is 36.4 Å². The monoisotopic (exact) mass is 348 g/mol. The molecule has 0 atom stereocenters. The van der Waals surface area contributed by atoms with Crippen LogP contribution >= 0.6 is 22.9 Å². The largest absolute Gasteiger partial charge is 0.494 e. The molecule has 2 aromatic carbocycles. The zero-order chi connectivity index (χ0) is 16.4. The Hall–Kier alpha value is -2.35. The summed E-state index contributed by atoms with van der Waals surface area (Å²) in [6, 6.07) is 10.3. The number of nitrogens with one attached hydrogen (secondary N) is 2. The Morgan fingerprint density at radius 1 is 1.35 bits per heavy atom. The summed E-state index contributed by atoms with van der Waals surface area (Å²) < 4.78 is 6.18. The molecule has 3 rings (SSSR count). The second-order valence-corrected chi connectivity index (χ2v) is 6.12. The number of halogens is 1. The number of hydrogen-bond donors (Lipinski definition) is 3. The molecule has 0 aliphatic carbocycles. The zero-order valence-electron chi connectivity index (χ0n) is 12.1. The lowest BCUT2D eigenvalue weighted by Gasteiger charge is -2.08. The SMILES string of the molecule is COc1cc(NC(=O)c2cccc(Cl)c2)cc2sc(NN)nc12. The van der Waals surface area contributed by atoms with Crippen LogP contribution in [0.25, 0.3) is 10.2 Å². The maximum absolute atomic E-state index is 12.3. The van der Waals surface area contributed by atoms with Crippen LogP contribution in [0.2, 0.25) is 5.02 Å². The number of methoxy groups -OCH3 is 1. The second kappa shape index (κ2) is 6.41. The number of anilines is 2. The Balaban J connectivity index is 1.95. The second-order valence-electron chi connectivity index (χ2n) is 4.65.